The third-order valence-electron chi connectivity index (χ3n) is 3.35. The Labute approximate surface area is 104 Å². The molecule has 0 fully saturated rings. The molecule has 0 saturated heterocycles. The average molecular weight is 243 g/mol. The lowest BCUT2D eigenvalue weighted by Crippen LogP contribution is -2.23. The van der Waals surface area contributed by atoms with E-state index in [9.17, 15) is 9.59 Å². The third-order valence-corrected chi connectivity index (χ3v) is 3.35. The van der Waals surface area contributed by atoms with Crippen LogP contribution in [0.1, 0.15) is 36.0 Å². The molecular formula is C14H13NO3. The molecule has 1 unspecified atom stereocenters. The second-order valence-corrected chi connectivity index (χ2v) is 4.54. The number of para-hydroxylation sites is 1. The SMILES string of the molecule is CC(=O)n1c2c(c3ccccc31)CC(=O)OC2C. The Bertz CT molecular complexity index is 669. The van der Waals surface area contributed by atoms with Crippen LogP contribution >= 0.6 is 0 Å². The van der Waals surface area contributed by atoms with Crippen molar-refractivity contribution in [3.8, 4) is 0 Å². The van der Waals surface area contributed by atoms with Crippen LogP contribution < -0.4 is 0 Å². The Balaban J connectivity index is 2.43. The van der Waals surface area contributed by atoms with Crippen LogP contribution in [-0.2, 0) is 16.0 Å². The molecule has 2 aromatic rings. The van der Waals surface area contributed by atoms with Gasteiger partial charge in [-0.05, 0) is 18.6 Å². The lowest BCUT2D eigenvalue weighted by Gasteiger charge is -2.21. The summed E-state index contributed by atoms with van der Waals surface area (Å²) in [6.07, 6.45) is -0.141. The number of carbonyl (C=O) groups excluding carboxylic acids is 2. The molecule has 4 nitrogen and oxygen atoms in total. The van der Waals surface area contributed by atoms with E-state index < -0.39 is 0 Å². The highest BCUT2D eigenvalue weighted by atomic mass is 16.5. The smallest absolute Gasteiger partial charge is 0.311 e. The predicted molar refractivity (Wildman–Crippen MR) is 66.4 cm³/mol. The summed E-state index contributed by atoms with van der Waals surface area (Å²) in [6.45, 7) is 3.32. The van der Waals surface area contributed by atoms with Crippen molar-refractivity contribution in [3.05, 3.63) is 35.5 Å². The van der Waals surface area contributed by atoms with Crippen LogP contribution in [0, 0.1) is 0 Å². The summed E-state index contributed by atoms with van der Waals surface area (Å²) < 4.78 is 6.88. The van der Waals surface area contributed by atoms with E-state index in [1.54, 1.807) is 11.5 Å². The Morgan fingerprint density at radius 3 is 2.83 bits per heavy atom. The second kappa shape index (κ2) is 3.70. The van der Waals surface area contributed by atoms with Gasteiger partial charge in [0.05, 0.1) is 17.6 Å². The number of aromatic nitrogens is 1. The predicted octanol–water partition coefficient (Wildman–Crippen LogP) is 2.46. The van der Waals surface area contributed by atoms with E-state index in [-0.39, 0.29) is 24.4 Å². The van der Waals surface area contributed by atoms with Crippen LogP contribution in [0.15, 0.2) is 24.3 Å². The van der Waals surface area contributed by atoms with E-state index in [0.29, 0.717) is 0 Å². The minimum absolute atomic E-state index is 0.0581. The van der Waals surface area contributed by atoms with Crippen molar-refractivity contribution in [3.63, 3.8) is 0 Å². The minimum atomic E-state index is -0.377. The fourth-order valence-corrected chi connectivity index (χ4v) is 2.72. The van der Waals surface area contributed by atoms with Gasteiger partial charge >= 0.3 is 5.97 Å². The standard InChI is InChI=1S/C14H13NO3/c1-8-14-11(7-13(17)18-8)10-5-3-4-6-12(10)15(14)9(2)16/h3-6,8H,7H2,1-2H3. The van der Waals surface area contributed by atoms with Gasteiger partial charge in [0, 0.05) is 12.3 Å². The summed E-state index contributed by atoms with van der Waals surface area (Å²) in [4.78, 5) is 23.4. The van der Waals surface area contributed by atoms with Crippen LogP contribution in [-0.4, -0.2) is 16.4 Å². The summed E-state index contributed by atoms with van der Waals surface area (Å²) in [6, 6.07) is 7.64. The Hall–Kier alpha value is -2.10. The van der Waals surface area contributed by atoms with Gasteiger partial charge in [0.15, 0.2) is 0 Å². The molecule has 18 heavy (non-hydrogen) atoms. The molecule has 1 aromatic heterocycles. The highest BCUT2D eigenvalue weighted by molar-refractivity contribution is 5.97. The lowest BCUT2D eigenvalue weighted by molar-refractivity contribution is -0.149. The fraction of sp³-hybridized carbons (Fsp3) is 0.286. The maximum absolute atomic E-state index is 11.8. The van der Waals surface area contributed by atoms with Crippen LogP contribution in [0.4, 0.5) is 0 Å². The maximum atomic E-state index is 11.8. The fourth-order valence-electron chi connectivity index (χ4n) is 2.72. The number of rotatable bonds is 0. The zero-order valence-electron chi connectivity index (χ0n) is 10.3. The summed E-state index contributed by atoms with van der Waals surface area (Å²) >= 11 is 0. The summed E-state index contributed by atoms with van der Waals surface area (Å²) in [7, 11) is 0. The first kappa shape index (κ1) is 11.0. The third kappa shape index (κ3) is 1.38. The van der Waals surface area contributed by atoms with E-state index in [2.05, 4.69) is 0 Å². The van der Waals surface area contributed by atoms with Gasteiger partial charge in [-0.3, -0.25) is 14.2 Å². The van der Waals surface area contributed by atoms with E-state index in [4.69, 9.17) is 4.74 Å². The highest BCUT2D eigenvalue weighted by Gasteiger charge is 2.31. The van der Waals surface area contributed by atoms with Crippen LogP contribution in [0.5, 0.6) is 0 Å². The second-order valence-electron chi connectivity index (χ2n) is 4.54. The first-order chi connectivity index (χ1) is 8.59. The number of cyclic esters (lactones) is 1. The van der Waals surface area contributed by atoms with Gasteiger partial charge in [-0.1, -0.05) is 18.2 Å². The first-order valence-electron chi connectivity index (χ1n) is 5.92. The van der Waals surface area contributed by atoms with Gasteiger partial charge in [-0.15, -0.1) is 0 Å². The molecule has 1 aliphatic rings. The van der Waals surface area contributed by atoms with Gasteiger partial charge in [0.25, 0.3) is 0 Å². The number of fused-ring (bicyclic) bond motifs is 3. The van der Waals surface area contributed by atoms with Gasteiger partial charge in [0.2, 0.25) is 5.91 Å². The molecule has 0 spiro atoms. The molecule has 4 heteroatoms. The number of nitrogens with zero attached hydrogens (tertiary/aromatic N) is 1. The quantitative estimate of drug-likeness (QED) is 0.668. The molecule has 0 N–H and O–H groups in total. The minimum Gasteiger partial charge on any atom is -0.456 e. The van der Waals surface area contributed by atoms with Gasteiger partial charge < -0.3 is 4.74 Å². The monoisotopic (exact) mass is 243 g/mol. The first-order valence-corrected chi connectivity index (χ1v) is 5.92. The molecule has 0 amide bonds. The summed E-state index contributed by atoms with van der Waals surface area (Å²) in [5, 5.41) is 0.964. The van der Waals surface area contributed by atoms with Gasteiger partial charge in [0.1, 0.15) is 6.10 Å². The van der Waals surface area contributed by atoms with Crippen molar-refractivity contribution >= 4 is 22.8 Å². The number of esters is 1. The molecule has 0 aliphatic carbocycles. The van der Waals surface area contributed by atoms with Crippen LogP contribution in [0.3, 0.4) is 0 Å². The Morgan fingerprint density at radius 2 is 2.11 bits per heavy atom. The molecule has 3 rings (SSSR count). The van der Waals surface area contributed by atoms with E-state index in [0.717, 1.165) is 22.2 Å². The molecular weight excluding hydrogens is 230 g/mol. The zero-order chi connectivity index (χ0) is 12.9. The van der Waals surface area contributed by atoms with Crippen molar-refractivity contribution in [2.24, 2.45) is 0 Å². The lowest BCUT2D eigenvalue weighted by atomic mass is 10.0. The van der Waals surface area contributed by atoms with Crippen LogP contribution in [0.25, 0.3) is 10.9 Å². The number of ether oxygens (including phenoxy) is 1. The van der Waals surface area contributed by atoms with E-state index >= 15 is 0 Å². The van der Waals surface area contributed by atoms with Gasteiger partial charge in [-0.2, -0.15) is 0 Å². The summed E-state index contributed by atoms with van der Waals surface area (Å²) in [5.41, 5.74) is 2.58. The summed E-state index contributed by atoms with van der Waals surface area (Å²) in [5.74, 6) is -0.293. The Morgan fingerprint density at radius 1 is 1.39 bits per heavy atom. The molecule has 0 bridgehead atoms. The highest BCUT2D eigenvalue weighted by Crippen LogP contribution is 2.35. The average Bonchev–Trinajstić information content (AvgIpc) is 2.64. The van der Waals surface area contributed by atoms with Crippen molar-refractivity contribution in [2.75, 3.05) is 0 Å². The van der Waals surface area contributed by atoms with Gasteiger partial charge in [-0.25, -0.2) is 0 Å². The molecule has 1 aromatic carbocycles. The topological polar surface area (TPSA) is 48.3 Å². The molecule has 92 valence electrons. The van der Waals surface area contributed by atoms with E-state index in [1.165, 1.54) is 6.92 Å². The van der Waals surface area contributed by atoms with Crippen LogP contribution in [0.2, 0.25) is 0 Å². The molecule has 0 radical (unpaired) electrons. The van der Waals surface area contributed by atoms with Crippen molar-refractivity contribution in [2.45, 2.75) is 26.4 Å². The number of benzene rings is 1. The molecule has 1 atom stereocenters. The Kier molecular flexibility index (Phi) is 2.26. The molecule has 0 saturated carbocycles. The van der Waals surface area contributed by atoms with Crippen molar-refractivity contribution in [1.29, 1.82) is 0 Å². The molecule has 1 aliphatic heterocycles. The molecule has 2 heterocycles. The number of carbonyl (C=O) groups is 2. The van der Waals surface area contributed by atoms with Crippen molar-refractivity contribution < 1.29 is 14.3 Å². The maximum Gasteiger partial charge on any atom is 0.311 e. The normalized spacial score (nSPS) is 18.6. The largest absolute Gasteiger partial charge is 0.456 e. The van der Waals surface area contributed by atoms with Crippen molar-refractivity contribution in [1.82, 2.24) is 4.57 Å². The zero-order valence-corrected chi connectivity index (χ0v) is 10.3. The van der Waals surface area contributed by atoms with E-state index in [1.807, 2.05) is 24.3 Å². The number of hydrogen-bond donors (Lipinski definition) is 0. The number of hydrogen-bond acceptors (Lipinski definition) is 3.